The Hall–Kier alpha value is -2.31. The molecule has 1 unspecified atom stereocenters. The van der Waals surface area contributed by atoms with Gasteiger partial charge in [-0.3, -0.25) is 0 Å². The third-order valence-electron chi connectivity index (χ3n) is 11.0. The van der Waals surface area contributed by atoms with Gasteiger partial charge in [-0.2, -0.15) is 0 Å². The molecular formula is C49H60Cl2Zr. The van der Waals surface area contributed by atoms with Gasteiger partial charge in [-0.25, -0.2) is 0 Å². The molecule has 0 bridgehead atoms. The number of hydrogen-bond donors (Lipinski definition) is 0. The summed E-state index contributed by atoms with van der Waals surface area (Å²) in [5, 5.41) is 0. The van der Waals surface area contributed by atoms with Gasteiger partial charge < -0.3 is 24.8 Å². The Morgan fingerprint density at radius 2 is 1.00 bits per heavy atom. The van der Waals surface area contributed by atoms with Crippen LogP contribution in [0.4, 0.5) is 0 Å². The van der Waals surface area contributed by atoms with Crippen molar-refractivity contribution in [1.29, 1.82) is 0 Å². The van der Waals surface area contributed by atoms with Gasteiger partial charge in [0.05, 0.1) is 0 Å². The second-order valence-electron chi connectivity index (χ2n) is 19.3. The Labute approximate surface area is 336 Å². The average Bonchev–Trinajstić information content (AvgIpc) is 3.55. The van der Waals surface area contributed by atoms with Gasteiger partial charge in [-0.1, -0.05) is 0 Å². The Kier molecular flexibility index (Phi) is 12.3. The van der Waals surface area contributed by atoms with Crippen molar-refractivity contribution >= 4 is 6.48 Å². The molecule has 0 saturated carbocycles. The number of allylic oxidation sites excluding steroid dienone is 4. The van der Waals surface area contributed by atoms with Crippen LogP contribution in [0.5, 0.6) is 0 Å². The molecule has 0 spiro atoms. The largest absolute Gasteiger partial charge is 1.00 e. The first-order valence-corrected chi connectivity index (χ1v) is 22.5. The molecule has 0 aliphatic heterocycles. The standard InChI is InChI=1S/C21H25.C21H26.C7H9.2ClH.Zr/c1-20(2,3)16-9-7-14-11-15-8-10-17(21(4,5)6)13-19(15)18(14)12-16;1-20(2,3)18-11-7-16(8-12-18)15-17-9-13-19(14-10-17)21(4,5)6;1-6-3-4-7(2)5-6;;;/h7,9-10,12-13H,11H2,1-6H3;7-14H,1-6H3;3,5,7H,1-2H3;2*1H;/q;;;;;+2/p-2. The van der Waals surface area contributed by atoms with Crippen LogP contribution in [0.2, 0.25) is 0 Å². The van der Waals surface area contributed by atoms with E-state index in [1.54, 1.807) is 15.3 Å². The smallest absolute Gasteiger partial charge is 1.00 e. The van der Waals surface area contributed by atoms with Crippen LogP contribution in [0.3, 0.4) is 0 Å². The second-order valence-corrected chi connectivity index (χ2v) is 25.1. The van der Waals surface area contributed by atoms with Gasteiger partial charge in [0.1, 0.15) is 0 Å². The number of fused-ring (bicyclic) bond motifs is 3. The van der Waals surface area contributed by atoms with Crippen molar-refractivity contribution in [2.24, 2.45) is 5.92 Å². The summed E-state index contributed by atoms with van der Waals surface area (Å²) in [6, 6.07) is 32.0. The number of benzene rings is 4. The van der Waals surface area contributed by atoms with Crippen molar-refractivity contribution in [1.82, 2.24) is 0 Å². The number of halogens is 2. The zero-order valence-corrected chi connectivity index (χ0v) is 38.2. The van der Waals surface area contributed by atoms with E-state index in [9.17, 15) is 0 Å². The molecule has 52 heavy (non-hydrogen) atoms. The van der Waals surface area contributed by atoms with Gasteiger partial charge in [0.25, 0.3) is 0 Å². The molecule has 0 fully saturated rings. The predicted molar refractivity (Wildman–Crippen MR) is 216 cm³/mol. The molecule has 0 amide bonds. The van der Waals surface area contributed by atoms with Crippen molar-refractivity contribution in [2.75, 3.05) is 0 Å². The van der Waals surface area contributed by atoms with E-state index in [4.69, 9.17) is 0 Å². The molecule has 0 N–H and O–H groups in total. The molecule has 3 heteroatoms. The first-order chi connectivity index (χ1) is 23.1. The average molecular weight is 811 g/mol. The van der Waals surface area contributed by atoms with Gasteiger partial charge in [0.2, 0.25) is 0 Å². The van der Waals surface area contributed by atoms with E-state index in [1.807, 2.05) is 0 Å². The number of hydrogen-bond acceptors (Lipinski definition) is 0. The van der Waals surface area contributed by atoms with Crippen molar-refractivity contribution in [3.05, 3.63) is 144 Å². The van der Waals surface area contributed by atoms with Crippen molar-refractivity contribution in [2.45, 2.75) is 125 Å². The maximum Gasteiger partial charge on any atom is -1.00 e. The van der Waals surface area contributed by atoms with Crippen molar-refractivity contribution in [3.63, 3.8) is 0 Å². The minimum atomic E-state index is -2.90. The zero-order valence-electron chi connectivity index (χ0n) is 34.2. The molecule has 0 saturated heterocycles. The van der Waals surface area contributed by atoms with Gasteiger partial charge >= 0.3 is 314 Å². The summed E-state index contributed by atoms with van der Waals surface area (Å²) in [6.07, 6.45) is 6.12. The molecule has 4 aromatic carbocycles. The van der Waals surface area contributed by atoms with Crippen LogP contribution in [0, 0.1) is 5.92 Å². The summed E-state index contributed by atoms with van der Waals surface area (Å²) in [6.45, 7) is 32.9. The van der Waals surface area contributed by atoms with Crippen LogP contribution >= 0.6 is 0 Å². The molecule has 0 radical (unpaired) electrons. The maximum atomic E-state index is 2.68. The summed E-state index contributed by atoms with van der Waals surface area (Å²) >= 11 is -2.90. The fraction of sp³-hybridized carbons (Fsp3) is 0.408. The van der Waals surface area contributed by atoms with E-state index in [0.717, 1.165) is 6.42 Å². The Morgan fingerprint density at radius 3 is 1.42 bits per heavy atom. The molecule has 0 aromatic heterocycles. The van der Waals surface area contributed by atoms with Crippen molar-refractivity contribution in [3.8, 4) is 11.1 Å². The summed E-state index contributed by atoms with van der Waals surface area (Å²) < 4.78 is 4.97. The molecule has 2 aliphatic rings. The zero-order chi connectivity index (χ0) is 36.6. The van der Waals surface area contributed by atoms with Crippen LogP contribution in [0.1, 0.15) is 141 Å². The van der Waals surface area contributed by atoms with Crippen LogP contribution in [-0.2, 0) is 49.3 Å². The molecule has 1 atom stereocenters. The monoisotopic (exact) mass is 808 g/mol. The van der Waals surface area contributed by atoms with Gasteiger partial charge in [0.15, 0.2) is 0 Å². The topological polar surface area (TPSA) is 0 Å². The fourth-order valence-corrected chi connectivity index (χ4v) is 16.4. The summed E-state index contributed by atoms with van der Waals surface area (Å²) in [5.74, 6) is 0.437. The van der Waals surface area contributed by atoms with Gasteiger partial charge in [-0.05, 0) is 0 Å². The Morgan fingerprint density at radius 1 is 0.558 bits per heavy atom. The number of rotatable bonds is 4. The second kappa shape index (κ2) is 15.1. The normalized spacial score (nSPS) is 15.4. The van der Waals surface area contributed by atoms with Crippen LogP contribution < -0.4 is 28.1 Å². The molecule has 274 valence electrons. The Balaban J connectivity index is 0.00000302. The third-order valence-corrected chi connectivity index (χ3v) is 19.0. The first kappa shape index (κ1) is 42.4. The summed E-state index contributed by atoms with van der Waals surface area (Å²) in [4.78, 5) is 0. The molecular weight excluding hydrogens is 751 g/mol. The minimum absolute atomic E-state index is 0. The first-order valence-electron chi connectivity index (χ1n) is 18.8. The molecule has 2 aliphatic carbocycles. The van der Waals surface area contributed by atoms with Gasteiger partial charge in [-0.15, -0.1) is 0 Å². The third kappa shape index (κ3) is 8.49. The SMILES string of the molecule is CC1=CC(C)[C]([Zr+2](=[C](c2ccc(C(C)(C)C)cc2)c2ccc(C(C)(C)C)cc2)[c]2cc(C(C)(C)C)cc3c2Cc2ccc(C(C)(C)C)cc2-3)=C1.[Cl-].[Cl-]. The molecule has 0 heterocycles. The molecule has 6 rings (SSSR count). The van der Waals surface area contributed by atoms with E-state index in [1.165, 1.54) is 55.6 Å². The predicted octanol–water partition coefficient (Wildman–Crippen LogP) is 6.45. The van der Waals surface area contributed by atoms with E-state index in [-0.39, 0.29) is 46.5 Å². The van der Waals surface area contributed by atoms with E-state index in [0.29, 0.717) is 5.92 Å². The van der Waals surface area contributed by atoms with E-state index >= 15 is 0 Å². The fourth-order valence-electron chi connectivity index (χ4n) is 7.77. The minimum Gasteiger partial charge on any atom is -1.00 e. The van der Waals surface area contributed by atoms with Crippen LogP contribution in [0.15, 0.2) is 99.9 Å². The van der Waals surface area contributed by atoms with Crippen LogP contribution in [-0.4, -0.2) is 3.21 Å². The van der Waals surface area contributed by atoms with Crippen LogP contribution in [0.25, 0.3) is 11.1 Å². The summed E-state index contributed by atoms with van der Waals surface area (Å²) in [5.41, 5.74) is 16.2. The maximum absolute atomic E-state index is 2.90. The van der Waals surface area contributed by atoms with Gasteiger partial charge in [0, 0.05) is 0 Å². The van der Waals surface area contributed by atoms with Crippen molar-refractivity contribution < 1.29 is 46.1 Å². The molecule has 0 nitrogen and oxygen atoms in total. The summed E-state index contributed by atoms with van der Waals surface area (Å²) in [7, 11) is 0. The van der Waals surface area contributed by atoms with E-state index < -0.39 is 21.3 Å². The quantitative estimate of drug-likeness (QED) is 0.196. The molecule has 4 aromatic rings. The Bertz CT molecular complexity index is 1980. The van der Waals surface area contributed by atoms with E-state index in [2.05, 4.69) is 188 Å².